The largest absolute Gasteiger partial charge is 0.400 e. The first kappa shape index (κ1) is 45.2. The van der Waals surface area contributed by atoms with Gasteiger partial charge in [0.15, 0.2) is 17.4 Å². The van der Waals surface area contributed by atoms with Gasteiger partial charge in [-0.05, 0) is 41.0 Å². The number of fused-ring (bicyclic) bond motifs is 1. The standard InChI is InChI=1S/C39H68N7O6P.CH4O/c1-10-11-12-13-14-15-16-17-18-19-20-21-22-23-25-49-34-33(52-53(50-26-24-40-9)46(29(4)5)30(6)7)31(8)51-38(34)45-27-41-32-35(45)42-39(44-37(32)48)43-36(47)28(2)3;1-2/h27-31,33-34,38H,10-26H2,1-8H3,(H2,42,43,44,47,48);2H,1H3/t31-,33-,34-,38?,53?;/m1./s1/i8D;2T. The lowest BCUT2D eigenvalue weighted by Gasteiger charge is -2.37. The monoisotopic (exact) mass is 797 g/mol. The molecule has 0 radical (unpaired) electrons. The fraction of sp³-hybridized carbons (Fsp3) is 0.825. The van der Waals surface area contributed by atoms with E-state index in [0.29, 0.717) is 6.61 Å². The van der Waals surface area contributed by atoms with E-state index in [1.807, 2.05) is 0 Å². The number of ether oxygens (including phenoxy) is 2. The fourth-order valence-electron chi connectivity index (χ4n) is 6.58. The van der Waals surface area contributed by atoms with E-state index in [1.165, 1.54) is 84.1 Å². The molecule has 5 atom stereocenters. The molecule has 1 aliphatic heterocycles. The van der Waals surface area contributed by atoms with Crippen molar-refractivity contribution in [3.8, 4) is 0 Å². The molecule has 55 heavy (non-hydrogen) atoms. The van der Waals surface area contributed by atoms with Crippen molar-refractivity contribution in [3.63, 3.8) is 0 Å². The second-order valence-electron chi connectivity index (χ2n) is 15.0. The molecule has 3 rings (SSSR count). The Kier molecular flexibility index (Phi) is 22.3. The second kappa shape index (κ2) is 27.2. The molecule has 1 saturated heterocycles. The zero-order chi connectivity index (χ0) is 42.2. The van der Waals surface area contributed by atoms with Gasteiger partial charge in [0.05, 0.1) is 12.4 Å². The summed E-state index contributed by atoms with van der Waals surface area (Å²) in [5.74, 6) is -0.596. The molecule has 15 heteroatoms. The summed E-state index contributed by atoms with van der Waals surface area (Å²) in [6.07, 6.45) is 16.2. The highest BCUT2D eigenvalue weighted by molar-refractivity contribution is 7.44. The molecule has 0 aromatic carbocycles. The summed E-state index contributed by atoms with van der Waals surface area (Å²) in [4.78, 5) is 40.5. The summed E-state index contributed by atoms with van der Waals surface area (Å²) >= 11 is 0. The minimum atomic E-state index is -1.66. The van der Waals surface area contributed by atoms with Crippen LogP contribution in [0.5, 0.6) is 0 Å². The Labute approximate surface area is 334 Å². The number of aliphatic hydroxyl groups is 1. The van der Waals surface area contributed by atoms with Crippen molar-refractivity contribution in [3.05, 3.63) is 28.1 Å². The van der Waals surface area contributed by atoms with Crippen molar-refractivity contribution >= 4 is 31.5 Å². The van der Waals surface area contributed by atoms with Gasteiger partial charge in [0.1, 0.15) is 18.8 Å². The molecule has 2 aromatic heterocycles. The molecule has 1 amide bonds. The number of aromatic nitrogens is 4. The SMILES string of the molecule is [2H]C[C@H]1OC(n2cnc3c(=O)[nH]c(NC(=O)C(C)C)nc32)[C@H](OCCCCCCCCCCCCCCCC)[C@@H]1OP(OCC[N+]#[C-])N(C(C)C)C(C)C.[3H]OC. The highest BCUT2D eigenvalue weighted by Crippen LogP contribution is 2.50. The van der Waals surface area contributed by atoms with Crippen molar-refractivity contribution in [1.82, 2.24) is 24.2 Å². The van der Waals surface area contributed by atoms with Crippen LogP contribution in [-0.2, 0) is 23.3 Å². The molecule has 0 aliphatic carbocycles. The van der Waals surface area contributed by atoms with E-state index < -0.39 is 38.6 Å². The number of imidazole rings is 1. The summed E-state index contributed by atoms with van der Waals surface area (Å²) in [5, 5.41) is 6.18. The van der Waals surface area contributed by atoms with Crippen LogP contribution in [0.4, 0.5) is 5.95 Å². The van der Waals surface area contributed by atoms with Gasteiger partial charge in [0, 0.05) is 33.1 Å². The number of anilines is 1. The van der Waals surface area contributed by atoms with Gasteiger partial charge in [0.25, 0.3) is 14.1 Å². The first-order valence-electron chi connectivity index (χ1n) is 21.6. The molecule has 3 N–H and O–H groups in total. The Morgan fingerprint density at radius 1 is 1.05 bits per heavy atom. The number of aliphatic hydroxyl groups excluding tert-OH is 1. The number of hydrogen-bond donors (Lipinski definition) is 3. The molecule has 14 nitrogen and oxygen atoms in total. The number of amides is 1. The van der Waals surface area contributed by atoms with Crippen molar-refractivity contribution in [2.75, 3.05) is 32.2 Å². The van der Waals surface area contributed by atoms with Gasteiger partial charge in [0.2, 0.25) is 19.8 Å². The Balaban J connectivity index is 0.00000362. The molecule has 1 aliphatic rings. The molecule has 3 heterocycles. The molecule has 0 bridgehead atoms. The lowest BCUT2D eigenvalue weighted by Crippen LogP contribution is -2.39. The van der Waals surface area contributed by atoms with Gasteiger partial charge in [-0.15, -0.1) is 0 Å². The minimum absolute atomic E-state index is 0.0110. The predicted molar refractivity (Wildman–Crippen MR) is 221 cm³/mol. The van der Waals surface area contributed by atoms with Crippen LogP contribution in [0.25, 0.3) is 16.0 Å². The van der Waals surface area contributed by atoms with E-state index in [-0.39, 0.29) is 61.1 Å². The topological polar surface area (TPSA) is 157 Å². The van der Waals surface area contributed by atoms with Gasteiger partial charge < -0.3 is 28.5 Å². The number of nitrogens with zero attached hydrogens (tertiary/aromatic N) is 5. The molecular formula is C40H72N7O7P. The van der Waals surface area contributed by atoms with Crippen LogP contribution in [0.15, 0.2) is 11.1 Å². The van der Waals surface area contributed by atoms with Crippen molar-refractivity contribution in [2.24, 2.45) is 5.92 Å². The Bertz CT molecular complexity index is 1480. The summed E-state index contributed by atoms with van der Waals surface area (Å²) in [6, 6.07) is 0.166. The van der Waals surface area contributed by atoms with E-state index in [1.54, 1.807) is 18.4 Å². The van der Waals surface area contributed by atoms with Crippen LogP contribution < -0.4 is 10.9 Å². The maximum absolute atomic E-state index is 13.1. The quantitative estimate of drug-likeness (QED) is 0.0454. The number of hydrogen-bond acceptors (Lipinski definition) is 10. The van der Waals surface area contributed by atoms with Crippen molar-refractivity contribution in [1.29, 1.82) is 1.43 Å². The van der Waals surface area contributed by atoms with Gasteiger partial charge in [-0.2, -0.15) is 4.98 Å². The normalized spacial score (nSPS) is 19.5. The Hall–Kier alpha value is -2.50. The third-order valence-electron chi connectivity index (χ3n) is 9.43. The van der Waals surface area contributed by atoms with Crippen LogP contribution in [0, 0.1) is 12.5 Å². The molecule has 2 aromatic rings. The Morgan fingerprint density at radius 3 is 2.16 bits per heavy atom. The molecule has 0 spiro atoms. The van der Waals surface area contributed by atoms with Gasteiger partial charge in [-0.25, -0.2) is 16.2 Å². The second-order valence-corrected chi connectivity index (χ2v) is 16.4. The smallest absolute Gasteiger partial charge is 0.280 e. The summed E-state index contributed by atoms with van der Waals surface area (Å²) < 4.78 is 44.2. The Morgan fingerprint density at radius 2 is 1.64 bits per heavy atom. The van der Waals surface area contributed by atoms with E-state index in [4.69, 9.17) is 27.9 Å². The van der Waals surface area contributed by atoms with Crippen LogP contribution in [0.3, 0.4) is 0 Å². The number of aromatic amines is 1. The van der Waals surface area contributed by atoms with E-state index in [9.17, 15) is 9.59 Å². The molecular weight excluding hydrogens is 721 g/mol. The zero-order valence-electron chi connectivity index (χ0n) is 36.9. The third kappa shape index (κ3) is 16.1. The van der Waals surface area contributed by atoms with Gasteiger partial charge in [-0.1, -0.05) is 104 Å². The van der Waals surface area contributed by atoms with Crippen LogP contribution in [0.2, 0.25) is 0 Å². The summed E-state index contributed by atoms with van der Waals surface area (Å²) in [5.41, 5.74) is -0.185. The summed E-state index contributed by atoms with van der Waals surface area (Å²) in [7, 11) is -0.366. The van der Waals surface area contributed by atoms with Crippen molar-refractivity contribution in [2.45, 2.75) is 182 Å². The third-order valence-corrected chi connectivity index (χ3v) is 11.6. The fourth-order valence-corrected chi connectivity index (χ4v) is 8.34. The van der Waals surface area contributed by atoms with E-state index in [0.717, 1.165) is 19.3 Å². The zero-order valence-corrected chi connectivity index (χ0v) is 35.8. The number of nitrogens with one attached hydrogen (secondary N) is 2. The minimum Gasteiger partial charge on any atom is -0.400 e. The molecule has 0 saturated carbocycles. The average molecular weight is 797 g/mol. The molecule has 1 fully saturated rings. The predicted octanol–water partition coefficient (Wildman–Crippen LogP) is 8.77. The van der Waals surface area contributed by atoms with Gasteiger partial charge >= 0.3 is 0 Å². The highest BCUT2D eigenvalue weighted by Gasteiger charge is 2.48. The molecule has 2 unspecified atom stereocenters. The van der Waals surface area contributed by atoms with Crippen LogP contribution >= 0.6 is 8.53 Å². The average Bonchev–Trinajstić information content (AvgIpc) is 3.74. The highest BCUT2D eigenvalue weighted by atomic mass is 31.2. The number of carbonyl (C=O) groups is 1. The first-order chi connectivity index (χ1) is 27.4. The number of H-pyrrole nitrogens is 1. The van der Waals surface area contributed by atoms with E-state index >= 15 is 0 Å². The maximum Gasteiger partial charge on any atom is 0.280 e. The number of carbonyl (C=O) groups excluding carboxylic acids is 1. The first-order valence-corrected chi connectivity index (χ1v) is 21.6. The number of unbranched alkanes of at least 4 members (excludes halogenated alkanes) is 13. The van der Waals surface area contributed by atoms with Crippen LogP contribution in [-0.4, -0.2) is 93.9 Å². The summed E-state index contributed by atoms with van der Waals surface area (Å²) in [6.45, 7) is 22.1. The molecule has 314 valence electrons. The van der Waals surface area contributed by atoms with Crippen LogP contribution in [0.1, 0.15) is 153 Å². The van der Waals surface area contributed by atoms with Gasteiger partial charge in [-0.3, -0.25) is 24.5 Å². The van der Waals surface area contributed by atoms with E-state index in [2.05, 4.69) is 69.5 Å². The van der Waals surface area contributed by atoms with Crippen molar-refractivity contribution < 1.29 is 29.8 Å². The lowest BCUT2D eigenvalue weighted by atomic mass is 10.0. The maximum atomic E-state index is 13.1. The number of rotatable bonds is 27. The lowest BCUT2D eigenvalue weighted by molar-refractivity contribution is -0.118.